The Morgan fingerprint density at radius 1 is 1.73 bits per heavy atom. The first-order chi connectivity index (χ1) is 5.11. The summed E-state index contributed by atoms with van der Waals surface area (Å²) in [7, 11) is 0. The van der Waals surface area contributed by atoms with Gasteiger partial charge in [0, 0.05) is 19.1 Å². The second-order valence-corrected chi connectivity index (χ2v) is 3.52. The van der Waals surface area contributed by atoms with Crippen molar-refractivity contribution in [1.29, 1.82) is 0 Å². The fourth-order valence-corrected chi connectivity index (χ4v) is 1.56. The number of rotatable bonds is 2. The summed E-state index contributed by atoms with van der Waals surface area (Å²) in [6, 6.07) is 0.312. The molecule has 2 nitrogen and oxygen atoms in total. The first kappa shape index (κ1) is 8.75. The molecule has 1 saturated heterocycles. The summed E-state index contributed by atoms with van der Waals surface area (Å²) in [5.41, 5.74) is 1.17. The second-order valence-electron chi connectivity index (χ2n) is 3.52. The molecule has 2 heteroatoms. The van der Waals surface area contributed by atoms with Gasteiger partial charge in [-0.05, 0) is 20.3 Å². The van der Waals surface area contributed by atoms with E-state index in [1.54, 1.807) is 0 Å². The lowest BCUT2D eigenvalue weighted by atomic mass is 10.2. The van der Waals surface area contributed by atoms with Crippen LogP contribution < -0.4 is 0 Å². The van der Waals surface area contributed by atoms with Crippen LogP contribution in [-0.4, -0.2) is 35.2 Å². The monoisotopic (exact) mass is 155 g/mol. The lowest BCUT2D eigenvalue weighted by Gasteiger charge is -2.22. The molecule has 0 radical (unpaired) electrons. The number of likely N-dealkylation sites (tertiary alicyclic amines) is 1. The molecule has 0 amide bonds. The van der Waals surface area contributed by atoms with Crippen molar-refractivity contribution in [1.82, 2.24) is 4.90 Å². The maximum absolute atomic E-state index is 9.41. The van der Waals surface area contributed by atoms with Crippen molar-refractivity contribution in [3.8, 4) is 0 Å². The average Bonchev–Trinajstić information content (AvgIpc) is 2.18. The van der Waals surface area contributed by atoms with E-state index >= 15 is 0 Å². The minimum atomic E-state index is -0.130. The van der Waals surface area contributed by atoms with Crippen molar-refractivity contribution in [2.45, 2.75) is 32.4 Å². The van der Waals surface area contributed by atoms with Gasteiger partial charge in [0.05, 0.1) is 6.10 Å². The molecule has 0 aromatic carbocycles. The molecule has 11 heavy (non-hydrogen) atoms. The van der Waals surface area contributed by atoms with Crippen molar-refractivity contribution in [2.24, 2.45) is 0 Å². The van der Waals surface area contributed by atoms with Crippen molar-refractivity contribution >= 4 is 0 Å². The van der Waals surface area contributed by atoms with Crippen LogP contribution in [0.3, 0.4) is 0 Å². The van der Waals surface area contributed by atoms with E-state index in [0.717, 1.165) is 19.5 Å². The smallest absolute Gasteiger partial charge is 0.0705 e. The summed E-state index contributed by atoms with van der Waals surface area (Å²) in [6.45, 7) is 9.89. The lowest BCUT2D eigenvalue weighted by Crippen LogP contribution is -2.33. The third-order valence-electron chi connectivity index (χ3n) is 2.32. The SMILES string of the molecule is C=C(C)CN1CC[C@@H](O)[C@@H]1C. The highest BCUT2D eigenvalue weighted by atomic mass is 16.3. The first-order valence-corrected chi connectivity index (χ1v) is 4.17. The van der Waals surface area contributed by atoms with E-state index in [9.17, 15) is 5.11 Å². The molecule has 0 bridgehead atoms. The molecule has 0 spiro atoms. The van der Waals surface area contributed by atoms with E-state index in [4.69, 9.17) is 0 Å². The van der Waals surface area contributed by atoms with Gasteiger partial charge >= 0.3 is 0 Å². The zero-order chi connectivity index (χ0) is 8.43. The quantitative estimate of drug-likeness (QED) is 0.602. The van der Waals surface area contributed by atoms with Crippen molar-refractivity contribution in [3.63, 3.8) is 0 Å². The number of aliphatic hydroxyl groups is 1. The lowest BCUT2D eigenvalue weighted by molar-refractivity contribution is 0.130. The molecule has 2 atom stereocenters. The highest BCUT2D eigenvalue weighted by Crippen LogP contribution is 2.17. The Morgan fingerprint density at radius 3 is 2.73 bits per heavy atom. The first-order valence-electron chi connectivity index (χ1n) is 4.17. The number of hydrogen-bond donors (Lipinski definition) is 1. The van der Waals surface area contributed by atoms with Gasteiger partial charge in [-0.1, -0.05) is 12.2 Å². The largest absolute Gasteiger partial charge is 0.391 e. The summed E-state index contributed by atoms with van der Waals surface area (Å²) < 4.78 is 0. The molecule has 1 heterocycles. The number of hydrogen-bond acceptors (Lipinski definition) is 2. The molecule has 0 unspecified atom stereocenters. The summed E-state index contributed by atoms with van der Waals surface area (Å²) in [5, 5.41) is 9.41. The van der Waals surface area contributed by atoms with Crippen LogP contribution in [0.5, 0.6) is 0 Å². The van der Waals surface area contributed by atoms with Crippen LogP contribution >= 0.6 is 0 Å². The highest BCUT2D eigenvalue weighted by Gasteiger charge is 2.28. The Bertz CT molecular complexity index is 156. The van der Waals surface area contributed by atoms with Gasteiger partial charge in [-0.3, -0.25) is 4.90 Å². The molecular formula is C9H17NO. The van der Waals surface area contributed by atoms with E-state index in [0.29, 0.717) is 6.04 Å². The van der Waals surface area contributed by atoms with Gasteiger partial charge in [0.2, 0.25) is 0 Å². The molecule has 1 fully saturated rings. The number of nitrogens with zero attached hydrogens (tertiary/aromatic N) is 1. The molecule has 64 valence electrons. The fraction of sp³-hybridized carbons (Fsp3) is 0.778. The van der Waals surface area contributed by atoms with Gasteiger partial charge < -0.3 is 5.11 Å². The minimum absolute atomic E-state index is 0.130. The van der Waals surface area contributed by atoms with Gasteiger partial charge in [0.25, 0.3) is 0 Å². The van der Waals surface area contributed by atoms with Crippen LogP contribution in [0, 0.1) is 0 Å². The van der Waals surface area contributed by atoms with Crippen LogP contribution in [0.1, 0.15) is 20.3 Å². The van der Waals surface area contributed by atoms with E-state index in [1.807, 2.05) is 6.92 Å². The van der Waals surface area contributed by atoms with E-state index in [-0.39, 0.29) is 6.10 Å². The third kappa shape index (κ3) is 2.04. The molecule has 0 aromatic rings. The summed E-state index contributed by atoms with van der Waals surface area (Å²) in [6.07, 6.45) is 0.781. The average molecular weight is 155 g/mol. The predicted octanol–water partition coefficient (Wildman–Crippen LogP) is 1.02. The Hall–Kier alpha value is -0.340. The Labute approximate surface area is 68.5 Å². The van der Waals surface area contributed by atoms with Crippen LogP contribution in [0.2, 0.25) is 0 Å². The van der Waals surface area contributed by atoms with Crippen LogP contribution in [-0.2, 0) is 0 Å². The molecule has 0 aliphatic carbocycles. The van der Waals surface area contributed by atoms with Crippen molar-refractivity contribution in [2.75, 3.05) is 13.1 Å². The van der Waals surface area contributed by atoms with Gasteiger partial charge in [-0.15, -0.1) is 0 Å². The van der Waals surface area contributed by atoms with E-state index < -0.39 is 0 Å². The summed E-state index contributed by atoms with van der Waals surface area (Å²) in [5.74, 6) is 0. The predicted molar refractivity (Wildman–Crippen MR) is 46.5 cm³/mol. The summed E-state index contributed by atoms with van der Waals surface area (Å²) in [4.78, 5) is 2.27. The van der Waals surface area contributed by atoms with Gasteiger partial charge in [0.1, 0.15) is 0 Å². The van der Waals surface area contributed by atoms with Crippen LogP contribution in [0.4, 0.5) is 0 Å². The zero-order valence-corrected chi connectivity index (χ0v) is 7.38. The normalized spacial score (nSPS) is 32.6. The maximum atomic E-state index is 9.41. The van der Waals surface area contributed by atoms with Gasteiger partial charge in [-0.2, -0.15) is 0 Å². The molecule has 0 saturated carbocycles. The molecule has 0 aromatic heterocycles. The van der Waals surface area contributed by atoms with Gasteiger partial charge in [0.15, 0.2) is 0 Å². The van der Waals surface area contributed by atoms with Crippen LogP contribution in [0.15, 0.2) is 12.2 Å². The molecule has 1 rings (SSSR count). The standard InChI is InChI=1S/C9H17NO/c1-7(2)6-10-5-4-9(11)8(10)3/h8-9,11H,1,4-6H2,2-3H3/t8-,9+/m0/s1. The van der Waals surface area contributed by atoms with Gasteiger partial charge in [-0.25, -0.2) is 0 Å². The van der Waals surface area contributed by atoms with E-state index in [1.165, 1.54) is 5.57 Å². The zero-order valence-electron chi connectivity index (χ0n) is 7.38. The fourth-order valence-electron chi connectivity index (χ4n) is 1.56. The molecule has 1 aliphatic heterocycles. The second kappa shape index (κ2) is 3.37. The summed E-state index contributed by atoms with van der Waals surface area (Å²) >= 11 is 0. The minimum Gasteiger partial charge on any atom is -0.391 e. The van der Waals surface area contributed by atoms with Crippen molar-refractivity contribution in [3.05, 3.63) is 12.2 Å². The highest BCUT2D eigenvalue weighted by molar-refractivity contribution is 4.96. The topological polar surface area (TPSA) is 23.5 Å². The molecule has 1 aliphatic rings. The molecule has 1 N–H and O–H groups in total. The number of aliphatic hydroxyl groups excluding tert-OH is 1. The molecular weight excluding hydrogens is 138 g/mol. The Balaban J connectivity index is 2.42. The van der Waals surface area contributed by atoms with Crippen molar-refractivity contribution < 1.29 is 5.11 Å². The maximum Gasteiger partial charge on any atom is 0.0705 e. The van der Waals surface area contributed by atoms with Crippen LogP contribution in [0.25, 0.3) is 0 Å². The Morgan fingerprint density at radius 2 is 2.36 bits per heavy atom. The Kier molecular flexibility index (Phi) is 2.68. The van der Waals surface area contributed by atoms with E-state index in [2.05, 4.69) is 18.4 Å². The third-order valence-corrected chi connectivity index (χ3v) is 2.32.